The molecule has 0 spiro atoms. The highest BCUT2D eigenvalue weighted by molar-refractivity contribution is 5.69. The standard InChI is InChI=1S/C13H23N3O3/c1-10(2)8-12-14-11(15-19-12)9-16(3)7-5-6-13(17)18-4/h10H,5-9H2,1-4H3. The summed E-state index contributed by atoms with van der Waals surface area (Å²) in [5, 5.41) is 3.95. The van der Waals surface area contributed by atoms with Gasteiger partial charge in [0.1, 0.15) is 0 Å². The van der Waals surface area contributed by atoms with Crippen molar-refractivity contribution in [2.24, 2.45) is 5.92 Å². The zero-order valence-corrected chi connectivity index (χ0v) is 12.2. The molecular formula is C13H23N3O3. The molecule has 1 aromatic heterocycles. The minimum Gasteiger partial charge on any atom is -0.469 e. The lowest BCUT2D eigenvalue weighted by Crippen LogP contribution is -2.20. The molecule has 0 aliphatic rings. The Morgan fingerprint density at radius 2 is 2.21 bits per heavy atom. The lowest BCUT2D eigenvalue weighted by molar-refractivity contribution is -0.140. The Kier molecular flexibility index (Phi) is 6.49. The van der Waals surface area contributed by atoms with Crippen LogP contribution in [-0.2, 0) is 22.5 Å². The summed E-state index contributed by atoms with van der Waals surface area (Å²) in [7, 11) is 3.37. The van der Waals surface area contributed by atoms with Crippen molar-refractivity contribution in [1.29, 1.82) is 0 Å². The molecule has 1 aromatic rings. The molecule has 0 saturated heterocycles. The molecule has 19 heavy (non-hydrogen) atoms. The van der Waals surface area contributed by atoms with Gasteiger partial charge in [0.25, 0.3) is 0 Å². The number of aromatic nitrogens is 2. The third kappa shape index (κ3) is 6.33. The first-order valence-corrected chi connectivity index (χ1v) is 6.58. The number of methoxy groups -OCH3 is 1. The first-order valence-electron chi connectivity index (χ1n) is 6.58. The van der Waals surface area contributed by atoms with Gasteiger partial charge in [0.05, 0.1) is 13.7 Å². The average Bonchev–Trinajstić information content (AvgIpc) is 2.75. The molecule has 0 fully saturated rings. The SMILES string of the molecule is COC(=O)CCCN(C)Cc1noc(CC(C)C)n1. The van der Waals surface area contributed by atoms with Crippen LogP contribution in [0.1, 0.15) is 38.4 Å². The van der Waals surface area contributed by atoms with Gasteiger partial charge in [0, 0.05) is 12.8 Å². The Hall–Kier alpha value is -1.43. The molecule has 0 aliphatic heterocycles. The van der Waals surface area contributed by atoms with Gasteiger partial charge < -0.3 is 9.26 Å². The van der Waals surface area contributed by atoms with Crippen LogP contribution in [-0.4, -0.2) is 41.7 Å². The summed E-state index contributed by atoms with van der Waals surface area (Å²) >= 11 is 0. The smallest absolute Gasteiger partial charge is 0.305 e. The number of nitrogens with zero attached hydrogens (tertiary/aromatic N) is 3. The van der Waals surface area contributed by atoms with Crippen LogP contribution < -0.4 is 0 Å². The van der Waals surface area contributed by atoms with Crippen LogP contribution in [0.2, 0.25) is 0 Å². The molecule has 0 atom stereocenters. The van der Waals surface area contributed by atoms with Crippen LogP contribution in [0.5, 0.6) is 0 Å². The maximum absolute atomic E-state index is 11.0. The number of carbonyl (C=O) groups is 1. The van der Waals surface area contributed by atoms with Gasteiger partial charge in [-0.2, -0.15) is 4.98 Å². The van der Waals surface area contributed by atoms with E-state index in [0.717, 1.165) is 19.4 Å². The summed E-state index contributed by atoms with van der Waals surface area (Å²) in [6.45, 7) is 5.65. The highest BCUT2D eigenvalue weighted by atomic mass is 16.5. The van der Waals surface area contributed by atoms with Crippen molar-refractivity contribution in [3.63, 3.8) is 0 Å². The predicted octanol–water partition coefficient (Wildman–Crippen LogP) is 1.65. The summed E-state index contributed by atoms with van der Waals surface area (Å²) in [5.74, 6) is 1.71. The van der Waals surface area contributed by atoms with Crippen molar-refractivity contribution in [2.45, 2.75) is 39.7 Å². The van der Waals surface area contributed by atoms with Crippen molar-refractivity contribution < 1.29 is 14.1 Å². The maximum Gasteiger partial charge on any atom is 0.305 e. The topological polar surface area (TPSA) is 68.5 Å². The molecule has 0 amide bonds. The number of hydrogen-bond donors (Lipinski definition) is 0. The van der Waals surface area contributed by atoms with Crippen molar-refractivity contribution in [3.8, 4) is 0 Å². The molecule has 6 heteroatoms. The average molecular weight is 269 g/mol. The Balaban J connectivity index is 2.29. The summed E-state index contributed by atoms with van der Waals surface area (Å²) < 4.78 is 9.77. The van der Waals surface area contributed by atoms with Crippen molar-refractivity contribution >= 4 is 5.97 Å². The Morgan fingerprint density at radius 1 is 1.47 bits per heavy atom. The molecule has 0 unspecified atom stereocenters. The van der Waals surface area contributed by atoms with E-state index >= 15 is 0 Å². The van der Waals surface area contributed by atoms with Gasteiger partial charge in [-0.1, -0.05) is 19.0 Å². The van der Waals surface area contributed by atoms with Crippen LogP contribution in [0.4, 0.5) is 0 Å². The van der Waals surface area contributed by atoms with Crippen molar-refractivity contribution in [3.05, 3.63) is 11.7 Å². The summed E-state index contributed by atoms with van der Waals surface area (Å²) in [6, 6.07) is 0. The lowest BCUT2D eigenvalue weighted by Gasteiger charge is -2.13. The minimum atomic E-state index is -0.174. The number of carbonyl (C=O) groups excluding carboxylic acids is 1. The lowest BCUT2D eigenvalue weighted by atomic mass is 10.1. The fourth-order valence-electron chi connectivity index (χ4n) is 1.70. The number of rotatable bonds is 8. The fraction of sp³-hybridized carbons (Fsp3) is 0.769. The molecule has 1 rings (SSSR count). The first-order chi connectivity index (χ1) is 9.01. The zero-order valence-electron chi connectivity index (χ0n) is 12.2. The third-order valence-corrected chi connectivity index (χ3v) is 2.65. The van der Waals surface area contributed by atoms with E-state index < -0.39 is 0 Å². The number of hydrogen-bond acceptors (Lipinski definition) is 6. The molecular weight excluding hydrogens is 246 g/mol. The van der Waals surface area contributed by atoms with E-state index in [9.17, 15) is 4.79 Å². The van der Waals surface area contributed by atoms with E-state index in [2.05, 4.69) is 33.6 Å². The molecule has 0 saturated carbocycles. The Morgan fingerprint density at radius 3 is 2.84 bits per heavy atom. The third-order valence-electron chi connectivity index (χ3n) is 2.65. The Bertz CT molecular complexity index is 390. The molecule has 0 bridgehead atoms. The van der Waals surface area contributed by atoms with Gasteiger partial charge in [-0.3, -0.25) is 9.69 Å². The van der Waals surface area contributed by atoms with Gasteiger partial charge in [-0.25, -0.2) is 0 Å². The van der Waals surface area contributed by atoms with Crippen LogP contribution in [0.3, 0.4) is 0 Å². The highest BCUT2D eigenvalue weighted by Gasteiger charge is 2.10. The van der Waals surface area contributed by atoms with Crippen LogP contribution >= 0.6 is 0 Å². The first kappa shape index (κ1) is 15.6. The van der Waals surface area contributed by atoms with Gasteiger partial charge in [-0.05, 0) is 25.9 Å². The largest absolute Gasteiger partial charge is 0.469 e. The van der Waals surface area contributed by atoms with Gasteiger partial charge >= 0.3 is 5.97 Å². The summed E-state index contributed by atoms with van der Waals surface area (Å²) in [5.41, 5.74) is 0. The summed E-state index contributed by atoms with van der Waals surface area (Å²) in [4.78, 5) is 17.4. The monoisotopic (exact) mass is 269 g/mol. The minimum absolute atomic E-state index is 0.174. The van der Waals surface area contributed by atoms with E-state index in [0.29, 0.717) is 30.6 Å². The van der Waals surface area contributed by atoms with E-state index in [-0.39, 0.29) is 5.97 Å². The molecule has 0 radical (unpaired) electrons. The maximum atomic E-state index is 11.0. The summed E-state index contributed by atoms with van der Waals surface area (Å²) in [6.07, 6.45) is 2.00. The van der Waals surface area contributed by atoms with Gasteiger partial charge in [-0.15, -0.1) is 0 Å². The molecule has 1 heterocycles. The van der Waals surface area contributed by atoms with Crippen LogP contribution in [0.15, 0.2) is 4.52 Å². The van der Waals surface area contributed by atoms with Gasteiger partial charge in [0.2, 0.25) is 5.89 Å². The second kappa shape index (κ2) is 7.89. The molecule has 6 nitrogen and oxygen atoms in total. The van der Waals surface area contributed by atoms with Crippen molar-refractivity contribution in [1.82, 2.24) is 15.0 Å². The fourth-order valence-corrected chi connectivity index (χ4v) is 1.70. The van der Waals surface area contributed by atoms with Crippen LogP contribution in [0, 0.1) is 5.92 Å². The molecule has 0 aliphatic carbocycles. The van der Waals surface area contributed by atoms with E-state index in [4.69, 9.17) is 4.52 Å². The molecule has 0 N–H and O–H groups in total. The molecule has 108 valence electrons. The number of esters is 1. The predicted molar refractivity (Wildman–Crippen MR) is 70.4 cm³/mol. The quantitative estimate of drug-likeness (QED) is 0.668. The normalized spacial score (nSPS) is 11.3. The van der Waals surface area contributed by atoms with Crippen LogP contribution in [0.25, 0.3) is 0 Å². The second-order valence-electron chi connectivity index (χ2n) is 5.12. The second-order valence-corrected chi connectivity index (χ2v) is 5.12. The van der Waals surface area contributed by atoms with E-state index in [1.165, 1.54) is 7.11 Å². The highest BCUT2D eigenvalue weighted by Crippen LogP contribution is 2.07. The van der Waals surface area contributed by atoms with Gasteiger partial charge in [0.15, 0.2) is 5.82 Å². The zero-order chi connectivity index (χ0) is 14.3. The van der Waals surface area contributed by atoms with E-state index in [1.807, 2.05) is 7.05 Å². The number of ether oxygens (including phenoxy) is 1. The van der Waals surface area contributed by atoms with E-state index in [1.54, 1.807) is 0 Å². The molecule has 0 aromatic carbocycles. The van der Waals surface area contributed by atoms with Crippen molar-refractivity contribution in [2.75, 3.05) is 20.7 Å². The Labute approximate surface area is 114 Å².